The van der Waals surface area contributed by atoms with Crippen molar-refractivity contribution in [3.63, 3.8) is 0 Å². The van der Waals surface area contributed by atoms with Crippen LogP contribution in [0.5, 0.6) is 0 Å². The Morgan fingerprint density at radius 2 is 0.932 bits per heavy atom. The molecule has 7 amide bonds. The third kappa shape index (κ3) is 12.0. The summed E-state index contributed by atoms with van der Waals surface area (Å²) >= 11 is 0. The number of carbonyl (C=O) groups is 6. The van der Waals surface area contributed by atoms with E-state index < -0.39 is 47.2 Å². The Morgan fingerprint density at radius 1 is 0.559 bits per heavy atom. The van der Waals surface area contributed by atoms with Gasteiger partial charge in [-0.1, -0.05) is 12.1 Å². The number of anilines is 2. The van der Waals surface area contributed by atoms with Crippen LogP contribution in [0.2, 0.25) is 0 Å². The molecule has 20 heteroatoms. The Balaban J connectivity index is 0.000000305. The van der Waals surface area contributed by atoms with E-state index in [0.29, 0.717) is 13.1 Å². The van der Waals surface area contributed by atoms with Crippen LogP contribution >= 0.6 is 0 Å². The third-order valence-electron chi connectivity index (χ3n) is 8.96. The second-order valence-electron chi connectivity index (χ2n) is 12.7. The van der Waals surface area contributed by atoms with Gasteiger partial charge in [-0.05, 0) is 72.8 Å². The number of hydrogen-bond donors (Lipinski definition) is 4. The fourth-order valence-corrected chi connectivity index (χ4v) is 5.90. The number of carbonyl (C=O) groups excluding carboxylic acids is 6. The molecule has 0 atom stereocenters. The van der Waals surface area contributed by atoms with Crippen LogP contribution in [-0.2, 0) is 4.74 Å². The van der Waals surface area contributed by atoms with Crippen molar-refractivity contribution < 1.29 is 56.5 Å². The fourth-order valence-electron chi connectivity index (χ4n) is 5.90. The van der Waals surface area contributed by atoms with Crippen molar-refractivity contribution in [3.05, 3.63) is 130 Å². The summed E-state index contributed by atoms with van der Waals surface area (Å²) < 4.78 is 58.8. The van der Waals surface area contributed by atoms with E-state index in [4.69, 9.17) is 5.73 Å². The first-order valence-corrected chi connectivity index (χ1v) is 17.4. The molecule has 2 aliphatic heterocycles. The van der Waals surface area contributed by atoms with Gasteiger partial charge in [0.15, 0.2) is 0 Å². The Morgan fingerprint density at radius 3 is 1.27 bits per heavy atom. The molecule has 2 saturated heterocycles. The van der Waals surface area contributed by atoms with Crippen molar-refractivity contribution in [1.82, 2.24) is 25.8 Å². The Kier molecular flexibility index (Phi) is 16.4. The number of ether oxygens (including phenoxy) is 1. The largest absolute Gasteiger partial charge is 0.465 e. The molecule has 314 valence electrons. The van der Waals surface area contributed by atoms with Gasteiger partial charge in [-0.15, -0.1) is 0 Å². The second kappa shape index (κ2) is 20.9. The first-order chi connectivity index (χ1) is 27.2. The molecule has 2 fully saturated rings. The maximum absolute atomic E-state index is 14.0. The highest BCUT2D eigenvalue weighted by Gasteiger charge is 2.27. The molecule has 4 aromatic carbocycles. The number of nitrogens with two attached hydrogens (primary N) is 1. The molecular weight excluding hydrogens is 784 g/mol. The van der Waals surface area contributed by atoms with Crippen molar-refractivity contribution in [1.29, 1.82) is 0 Å². The lowest BCUT2D eigenvalue weighted by molar-refractivity contribution is 0.0594. The van der Waals surface area contributed by atoms with Crippen LogP contribution in [0.4, 0.5) is 38.5 Å². The van der Waals surface area contributed by atoms with E-state index in [-0.39, 0.29) is 96.3 Å². The SMILES string of the molecule is COC(=O)c1ccc(NC(=O)N2CCN(C(=O)c3cccc(F)c3)CC2)cc1F.N.NC(=O)c1ccc(NC(=O)N2CCN(C(=O)c3cccc(F)c3)CC2)cc1F.O. The number of hydrogen-bond acceptors (Lipinski definition) is 8. The van der Waals surface area contributed by atoms with E-state index >= 15 is 0 Å². The first kappa shape index (κ1) is 46.3. The quantitative estimate of drug-likeness (QED) is 0.162. The number of methoxy groups -OCH3 is 1. The normalized spacial score (nSPS) is 13.4. The Labute approximate surface area is 335 Å². The smallest absolute Gasteiger partial charge is 0.340 e. The maximum atomic E-state index is 14.0. The van der Waals surface area contributed by atoms with Crippen LogP contribution in [0.25, 0.3) is 0 Å². The van der Waals surface area contributed by atoms with Gasteiger partial charge in [0.05, 0.1) is 18.2 Å². The number of esters is 1. The summed E-state index contributed by atoms with van der Waals surface area (Å²) in [7, 11) is 1.15. The van der Waals surface area contributed by atoms with Crippen molar-refractivity contribution in [2.24, 2.45) is 5.73 Å². The minimum atomic E-state index is -0.894. The molecule has 0 spiro atoms. The molecule has 9 N–H and O–H groups in total. The molecule has 0 aromatic heterocycles. The third-order valence-corrected chi connectivity index (χ3v) is 8.96. The maximum Gasteiger partial charge on any atom is 0.340 e. The van der Waals surface area contributed by atoms with E-state index in [1.165, 1.54) is 82.6 Å². The van der Waals surface area contributed by atoms with E-state index in [1.54, 1.807) is 9.80 Å². The summed E-state index contributed by atoms with van der Waals surface area (Å²) in [5.74, 6) is -4.91. The van der Waals surface area contributed by atoms with Crippen LogP contribution in [0, 0.1) is 23.3 Å². The number of rotatable bonds is 6. The summed E-state index contributed by atoms with van der Waals surface area (Å²) in [6.45, 7) is 2.25. The highest BCUT2D eigenvalue weighted by Crippen LogP contribution is 2.19. The lowest BCUT2D eigenvalue weighted by Gasteiger charge is -2.34. The van der Waals surface area contributed by atoms with E-state index in [0.717, 1.165) is 19.2 Å². The van der Waals surface area contributed by atoms with Crippen LogP contribution in [-0.4, -0.2) is 120 Å². The molecule has 16 nitrogen and oxygen atoms in total. The average molecular weight is 827 g/mol. The lowest BCUT2D eigenvalue weighted by Crippen LogP contribution is -2.51. The predicted molar refractivity (Wildman–Crippen MR) is 207 cm³/mol. The molecule has 0 saturated carbocycles. The molecule has 59 heavy (non-hydrogen) atoms. The van der Waals surface area contributed by atoms with Gasteiger partial charge >= 0.3 is 18.0 Å². The number of halogens is 4. The molecule has 0 unspecified atom stereocenters. The minimum absolute atomic E-state index is 0. The molecule has 6 rings (SSSR count). The van der Waals surface area contributed by atoms with Crippen molar-refractivity contribution in [3.8, 4) is 0 Å². The van der Waals surface area contributed by atoms with Gasteiger partial charge in [0.1, 0.15) is 23.3 Å². The van der Waals surface area contributed by atoms with Gasteiger partial charge in [-0.2, -0.15) is 0 Å². The summed E-state index contributed by atoms with van der Waals surface area (Å²) in [6, 6.07) is 17.2. The fraction of sp³-hybridized carbons (Fsp3) is 0.231. The summed E-state index contributed by atoms with van der Waals surface area (Å²) in [5.41, 5.74) is 5.44. The topological polar surface area (TPSA) is 241 Å². The van der Waals surface area contributed by atoms with Gasteiger partial charge in [0.2, 0.25) is 0 Å². The number of amides is 7. The highest BCUT2D eigenvalue weighted by atomic mass is 19.1. The number of urea groups is 2. The zero-order valence-electron chi connectivity index (χ0n) is 31.7. The number of piperazine rings is 2. The molecule has 2 heterocycles. The van der Waals surface area contributed by atoms with E-state index in [2.05, 4.69) is 15.4 Å². The average Bonchev–Trinajstić information content (AvgIpc) is 3.20. The van der Waals surface area contributed by atoms with Crippen LogP contribution in [0.3, 0.4) is 0 Å². The van der Waals surface area contributed by atoms with Gasteiger partial charge < -0.3 is 52.3 Å². The standard InChI is InChI=1S/C20H19F2N3O4.C19H18F2N4O3.H3N.H2O/c1-29-19(27)16-6-5-15(12-17(16)22)23-20(28)25-9-7-24(8-10-25)18(26)13-3-2-4-14(21)11-13;20-13-3-1-2-12(10-13)18(27)24-6-8-25(9-7-24)19(28)23-14-4-5-15(17(22)26)16(21)11-14;;/h2-6,11-12H,7-10H2,1H3,(H,23,28);1-5,10-11H,6-9H2,(H2,22,26)(H,23,28);1H3;1H2. The van der Waals surface area contributed by atoms with Gasteiger partial charge in [0, 0.05) is 74.9 Å². The first-order valence-electron chi connectivity index (χ1n) is 17.4. The molecule has 0 radical (unpaired) electrons. The van der Waals surface area contributed by atoms with Crippen LogP contribution in [0.1, 0.15) is 41.4 Å². The van der Waals surface area contributed by atoms with Crippen molar-refractivity contribution in [2.45, 2.75) is 0 Å². The van der Waals surface area contributed by atoms with Gasteiger partial charge in [-0.3, -0.25) is 14.4 Å². The van der Waals surface area contributed by atoms with Crippen molar-refractivity contribution in [2.75, 3.05) is 70.1 Å². The second-order valence-corrected chi connectivity index (χ2v) is 12.7. The highest BCUT2D eigenvalue weighted by molar-refractivity contribution is 5.97. The van der Waals surface area contributed by atoms with Crippen LogP contribution in [0.15, 0.2) is 84.9 Å². The summed E-state index contributed by atoms with van der Waals surface area (Å²) in [4.78, 5) is 78.1. The minimum Gasteiger partial charge on any atom is -0.465 e. The zero-order chi connectivity index (χ0) is 41.2. The molecule has 4 aromatic rings. The predicted octanol–water partition coefficient (Wildman–Crippen LogP) is 4.13. The van der Waals surface area contributed by atoms with E-state index in [9.17, 15) is 46.3 Å². The summed E-state index contributed by atoms with van der Waals surface area (Å²) in [6.07, 6.45) is 0. The molecule has 0 bridgehead atoms. The number of nitrogens with zero attached hydrogens (tertiary/aromatic N) is 4. The summed E-state index contributed by atoms with van der Waals surface area (Å²) in [5, 5.41) is 5.11. The number of benzene rings is 4. The number of primary amides is 1. The Hall–Kier alpha value is -7.06. The number of nitrogens with one attached hydrogen (secondary N) is 2. The van der Waals surface area contributed by atoms with E-state index in [1.807, 2.05) is 0 Å². The molecular formula is C39H42F4N8O8. The van der Waals surface area contributed by atoms with Gasteiger partial charge in [0.25, 0.3) is 17.7 Å². The van der Waals surface area contributed by atoms with Crippen molar-refractivity contribution >= 4 is 47.1 Å². The van der Waals surface area contributed by atoms with Gasteiger partial charge in [-0.25, -0.2) is 31.9 Å². The lowest BCUT2D eigenvalue weighted by atomic mass is 10.1. The molecule has 2 aliphatic rings. The zero-order valence-corrected chi connectivity index (χ0v) is 31.7. The molecule has 0 aliphatic carbocycles. The Bertz CT molecular complexity index is 2180. The van der Waals surface area contributed by atoms with Crippen LogP contribution < -0.4 is 22.5 Å². The monoisotopic (exact) mass is 826 g/mol.